The number of carbonyl (C=O) groups is 1. The van der Waals surface area contributed by atoms with E-state index in [4.69, 9.17) is 0 Å². The van der Waals surface area contributed by atoms with E-state index >= 15 is 0 Å². The van der Waals surface area contributed by atoms with Crippen LogP contribution in [0.1, 0.15) is 48.8 Å². The Labute approximate surface area is 115 Å². The summed E-state index contributed by atoms with van der Waals surface area (Å²) in [6.45, 7) is 5.86. The fourth-order valence-corrected chi connectivity index (χ4v) is 2.66. The minimum absolute atomic E-state index is 0.0667. The smallest absolute Gasteiger partial charge is 0.274 e. The van der Waals surface area contributed by atoms with Crippen LogP contribution in [-0.4, -0.2) is 46.8 Å². The molecule has 0 bridgehead atoms. The van der Waals surface area contributed by atoms with Crippen LogP contribution in [-0.2, 0) is 7.05 Å². The molecule has 0 saturated carbocycles. The van der Waals surface area contributed by atoms with Crippen molar-refractivity contribution in [1.82, 2.24) is 20.0 Å². The lowest BCUT2D eigenvalue weighted by Gasteiger charge is -2.31. The molecule has 0 aromatic carbocycles. The lowest BCUT2D eigenvalue weighted by Crippen LogP contribution is -2.44. The molecule has 2 heterocycles. The number of nitrogens with one attached hydrogen (secondary N) is 1. The summed E-state index contributed by atoms with van der Waals surface area (Å²) in [4.78, 5) is 14.3. The van der Waals surface area contributed by atoms with Gasteiger partial charge in [-0.25, -0.2) is 0 Å². The van der Waals surface area contributed by atoms with Crippen molar-refractivity contribution in [1.29, 1.82) is 0 Å². The van der Waals surface area contributed by atoms with Gasteiger partial charge in [0, 0.05) is 31.9 Å². The summed E-state index contributed by atoms with van der Waals surface area (Å²) < 4.78 is 1.82. The predicted octanol–water partition coefficient (Wildman–Crippen LogP) is 1.37. The van der Waals surface area contributed by atoms with Gasteiger partial charge < -0.3 is 10.2 Å². The van der Waals surface area contributed by atoms with Crippen molar-refractivity contribution < 1.29 is 4.79 Å². The molecule has 0 atom stereocenters. The highest BCUT2D eigenvalue weighted by molar-refractivity contribution is 5.92. The number of aromatic nitrogens is 2. The molecular weight excluding hydrogens is 240 g/mol. The highest BCUT2D eigenvalue weighted by Gasteiger charge is 2.25. The maximum absolute atomic E-state index is 12.4. The molecule has 1 amide bonds. The van der Waals surface area contributed by atoms with Crippen LogP contribution >= 0.6 is 0 Å². The van der Waals surface area contributed by atoms with Gasteiger partial charge in [0.15, 0.2) is 5.69 Å². The number of carbonyl (C=O) groups excluding carboxylic acids is 1. The van der Waals surface area contributed by atoms with Gasteiger partial charge in [0.25, 0.3) is 5.91 Å². The van der Waals surface area contributed by atoms with E-state index in [1.165, 1.54) is 0 Å². The number of aryl methyl sites for hydroxylation is 1. The van der Waals surface area contributed by atoms with Gasteiger partial charge in [0.2, 0.25) is 0 Å². The molecule has 1 saturated heterocycles. The van der Waals surface area contributed by atoms with Crippen molar-refractivity contribution in [2.75, 3.05) is 20.1 Å². The summed E-state index contributed by atoms with van der Waals surface area (Å²) >= 11 is 0. The zero-order valence-electron chi connectivity index (χ0n) is 12.3. The molecule has 1 N–H and O–H groups in total. The maximum atomic E-state index is 12.4. The van der Waals surface area contributed by atoms with Crippen LogP contribution in [0.25, 0.3) is 0 Å². The maximum Gasteiger partial charge on any atom is 0.274 e. The SMILES string of the molecule is CNC1CCN(C(=O)c2cc(C(C)C)n(C)n2)CC1. The Kier molecular flexibility index (Phi) is 4.24. The quantitative estimate of drug-likeness (QED) is 0.897. The van der Waals surface area contributed by atoms with Crippen LogP contribution in [0, 0.1) is 0 Å². The molecule has 1 aliphatic heterocycles. The molecule has 106 valence electrons. The van der Waals surface area contributed by atoms with Crippen molar-refractivity contribution in [2.24, 2.45) is 7.05 Å². The molecule has 0 unspecified atom stereocenters. The van der Waals surface area contributed by atoms with E-state index < -0.39 is 0 Å². The van der Waals surface area contributed by atoms with Crippen molar-refractivity contribution >= 4 is 5.91 Å². The number of amides is 1. The summed E-state index contributed by atoms with van der Waals surface area (Å²) in [5, 5.41) is 7.63. The van der Waals surface area contributed by atoms with Crippen LogP contribution in [0.15, 0.2) is 6.07 Å². The third kappa shape index (κ3) is 2.97. The van der Waals surface area contributed by atoms with Crippen molar-refractivity contribution in [3.05, 3.63) is 17.5 Å². The molecule has 1 fully saturated rings. The summed E-state index contributed by atoms with van der Waals surface area (Å²) in [6.07, 6.45) is 2.04. The third-order valence-corrected chi connectivity index (χ3v) is 3.92. The molecule has 0 spiro atoms. The van der Waals surface area contributed by atoms with E-state index in [0.717, 1.165) is 31.6 Å². The topological polar surface area (TPSA) is 50.2 Å². The molecule has 1 aromatic heterocycles. The van der Waals surface area contributed by atoms with E-state index in [-0.39, 0.29) is 5.91 Å². The van der Waals surface area contributed by atoms with E-state index in [0.29, 0.717) is 17.7 Å². The molecular formula is C14H24N4O. The fourth-order valence-electron chi connectivity index (χ4n) is 2.66. The van der Waals surface area contributed by atoms with Gasteiger partial charge in [-0.2, -0.15) is 5.10 Å². The van der Waals surface area contributed by atoms with Crippen LogP contribution in [0.5, 0.6) is 0 Å². The zero-order chi connectivity index (χ0) is 14.0. The van der Waals surface area contributed by atoms with Gasteiger partial charge in [-0.1, -0.05) is 13.8 Å². The predicted molar refractivity (Wildman–Crippen MR) is 75.3 cm³/mol. The highest BCUT2D eigenvalue weighted by atomic mass is 16.2. The first-order valence-electron chi connectivity index (χ1n) is 7.03. The first-order valence-corrected chi connectivity index (χ1v) is 7.03. The van der Waals surface area contributed by atoms with Crippen molar-refractivity contribution in [3.8, 4) is 0 Å². The largest absolute Gasteiger partial charge is 0.337 e. The van der Waals surface area contributed by atoms with Crippen LogP contribution in [0.2, 0.25) is 0 Å². The second-order valence-corrected chi connectivity index (χ2v) is 5.59. The van der Waals surface area contributed by atoms with Crippen molar-refractivity contribution in [2.45, 2.75) is 38.6 Å². The lowest BCUT2D eigenvalue weighted by atomic mass is 10.0. The number of hydrogen-bond acceptors (Lipinski definition) is 3. The van der Waals surface area contributed by atoms with Gasteiger partial charge in [0.1, 0.15) is 0 Å². The number of hydrogen-bond donors (Lipinski definition) is 1. The van der Waals surface area contributed by atoms with Gasteiger partial charge in [-0.15, -0.1) is 0 Å². The van der Waals surface area contributed by atoms with Crippen LogP contribution in [0.4, 0.5) is 0 Å². The second kappa shape index (κ2) is 5.74. The van der Waals surface area contributed by atoms with Gasteiger partial charge in [-0.3, -0.25) is 9.48 Å². The van der Waals surface area contributed by atoms with E-state index in [9.17, 15) is 4.79 Å². The molecule has 5 nitrogen and oxygen atoms in total. The second-order valence-electron chi connectivity index (χ2n) is 5.59. The van der Waals surface area contributed by atoms with Gasteiger partial charge in [0.05, 0.1) is 0 Å². The Morgan fingerprint density at radius 3 is 2.53 bits per heavy atom. The number of rotatable bonds is 3. The summed E-state index contributed by atoms with van der Waals surface area (Å²) in [6, 6.07) is 2.47. The number of piperidine rings is 1. The Hall–Kier alpha value is -1.36. The van der Waals surface area contributed by atoms with Gasteiger partial charge >= 0.3 is 0 Å². The zero-order valence-corrected chi connectivity index (χ0v) is 12.3. The number of likely N-dealkylation sites (tertiary alicyclic amines) is 1. The molecule has 19 heavy (non-hydrogen) atoms. The summed E-state index contributed by atoms with van der Waals surface area (Å²) in [7, 11) is 3.88. The Balaban J connectivity index is 2.06. The summed E-state index contributed by atoms with van der Waals surface area (Å²) in [5.74, 6) is 0.450. The molecule has 5 heteroatoms. The van der Waals surface area contributed by atoms with Gasteiger partial charge in [-0.05, 0) is 31.9 Å². The number of nitrogens with zero attached hydrogens (tertiary/aromatic N) is 3. The lowest BCUT2D eigenvalue weighted by molar-refractivity contribution is 0.0700. The highest BCUT2D eigenvalue weighted by Crippen LogP contribution is 2.18. The molecule has 1 aliphatic rings. The first kappa shape index (κ1) is 14.1. The summed E-state index contributed by atoms with van der Waals surface area (Å²) in [5.41, 5.74) is 1.68. The first-order chi connectivity index (χ1) is 9.02. The normalized spacial score (nSPS) is 17.2. The minimum atomic E-state index is 0.0667. The molecule has 0 aliphatic carbocycles. The Morgan fingerprint density at radius 2 is 2.05 bits per heavy atom. The minimum Gasteiger partial charge on any atom is -0.337 e. The van der Waals surface area contributed by atoms with E-state index in [1.54, 1.807) is 0 Å². The van der Waals surface area contributed by atoms with Crippen LogP contribution < -0.4 is 5.32 Å². The molecule has 2 rings (SSSR count). The van der Waals surface area contributed by atoms with Crippen molar-refractivity contribution in [3.63, 3.8) is 0 Å². The van der Waals surface area contributed by atoms with E-state index in [1.807, 2.05) is 29.7 Å². The average Bonchev–Trinajstić information content (AvgIpc) is 2.80. The molecule has 1 aromatic rings. The Bertz CT molecular complexity index is 444. The van der Waals surface area contributed by atoms with Crippen LogP contribution in [0.3, 0.4) is 0 Å². The standard InChI is InChI=1S/C14H24N4O/c1-10(2)13-9-12(16-17(13)4)14(19)18-7-5-11(15-3)6-8-18/h9-11,15H,5-8H2,1-4H3. The molecule has 0 radical (unpaired) electrons. The Morgan fingerprint density at radius 1 is 1.42 bits per heavy atom. The third-order valence-electron chi connectivity index (χ3n) is 3.92. The van der Waals surface area contributed by atoms with E-state index in [2.05, 4.69) is 24.3 Å². The average molecular weight is 264 g/mol. The monoisotopic (exact) mass is 264 g/mol. The fraction of sp³-hybridized carbons (Fsp3) is 0.714.